The van der Waals surface area contributed by atoms with E-state index in [9.17, 15) is 9.59 Å². The second-order valence-corrected chi connectivity index (χ2v) is 10.9. The van der Waals surface area contributed by atoms with Crippen molar-refractivity contribution < 1.29 is 9.59 Å². The highest BCUT2D eigenvalue weighted by molar-refractivity contribution is 7.09. The molecule has 10 nitrogen and oxygen atoms in total. The van der Waals surface area contributed by atoms with E-state index >= 15 is 0 Å². The molecule has 2 atom stereocenters. The van der Waals surface area contributed by atoms with Crippen LogP contribution in [0.1, 0.15) is 44.0 Å². The van der Waals surface area contributed by atoms with Gasteiger partial charge in [-0.3, -0.25) is 9.59 Å². The summed E-state index contributed by atoms with van der Waals surface area (Å²) in [4.78, 5) is 41.0. The lowest BCUT2D eigenvalue weighted by molar-refractivity contribution is 0.0728. The molecule has 12 heteroatoms. The molecule has 1 aliphatic heterocycles. The van der Waals surface area contributed by atoms with E-state index in [1.165, 1.54) is 11.3 Å². The lowest BCUT2D eigenvalue weighted by Crippen LogP contribution is -2.33. The van der Waals surface area contributed by atoms with E-state index in [1.807, 2.05) is 24.3 Å². The molecule has 39 heavy (non-hydrogen) atoms. The van der Waals surface area contributed by atoms with Gasteiger partial charge < -0.3 is 26.1 Å². The van der Waals surface area contributed by atoms with Gasteiger partial charge in [0.1, 0.15) is 27.9 Å². The minimum atomic E-state index is -0.327. The predicted octanol–water partition coefficient (Wildman–Crippen LogP) is 3.46. The number of likely N-dealkylation sites (tertiary alicyclic amines) is 1. The van der Waals surface area contributed by atoms with Gasteiger partial charge in [-0.25, -0.2) is 15.0 Å². The number of nitrogens with zero attached hydrogens (tertiary/aromatic N) is 5. The molecule has 1 saturated heterocycles. The normalized spacial score (nSPS) is 17.2. The predicted molar refractivity (Wildman–Crippen MR) is 151 cm³/mol. The molecule has 198 valence electrons. The average molecular weight is 561 g/mol. The Morgan fingerprint density at radius 1 is 1.13 bits per heavy atom. The Bertz CT molecular complexity index is 1720. The zero-order valence-corrected chi connectivity index (χ0v) is 22.3. The zero-order valence-electron chi connectivity index (χ0n) is 20.8. The Morgan fingerprint density at radius 3 is 2.87 bits per heavy atom. The van der Waals surface area contributed by atoms with Gasteiger partial charge in [-0.15, -0.1) is 11.3 Å². The number of hydrogen-bond acceptors (Lipinski definition) is 8. The Kier molecular flexibility index (Phi) is 6.63. The first kappa shape index (κ1) is 25.2. The van der Waals surface area contributed by atoms with Crippen LogP contribution in [-0.4, -0.2) is 55.2 Å². The van der Waals surface area contributed by atoms with Gasteiger partial charge in [0.25, 0.3) is 11.8 Å². The summed E-state index contributed by atoms with van der Waals surface area (Å²) in [5.74, 6) is 0.00413. The van der Waals surface area contributed by atoms with Crippen LogP contribution < -0.4 is 16.8 Å². The van der Waals surface area contributed by atoms with Crippen LogP contribution in [0.25, 0.3) is 16.4 Å². The molecule has 0 spiro atoms. The summed E-state index contributed by atoms with van der Waals surface area (Å²) in [6, 6.07) is 10.9. The van der Waals surface area contributed by atoms with Gasteiger partial charge in [0.05, 0.1) is 11.1 Å². The van der Waals surface area contributed by atoms with Crippen molar-refractivity contribution in [3.05, 3.63) is 87.4 Å². The second-order valence-electron chi connectivity index (χ2n) is 9.54. The standard InChI is InChI=1S/C27H25ClN8O2S/c28-17-2-4-23-33-20(13-35(23)11-17)27(38)36-12-18(29)10-22(36)26-34-21(14-39-26)25(37)32-7-5-15-1-3-19-16(9-15)6-8-31-24(19)30/h1-4,6,8-9,11,13-14,18,22H,5,7,10,12,29H2,(H2,30,31)(H,32,37)/t18-,22-/m1/s1. The smallest absolute Gasteiger partial charge is 0.274 e. The first-order valence-corrected chi connectivity index (χ1v) is 13.7. The molecule has 6 rings (SSSR count). The lowest BCUT2D eigenvalue weighted by Gasteiger charge is -2.21. The van der Waals surface area contributed by atoms with E-state index in [4.69, 9.17) is 23.1 Å². The van der Waals surface area contributed by atoms with Crippen LogP contribution in [0.2, 0.25) is 5.02 Å². The van der Waals surface area contributed by atoms with Crippen molar-refractivity contribution in [3.63, 3.8) is 0 Å². The summed E-state index contributed by atoms with van der Waals surface area (Å²) in [7, 11) is 0. The summed E-state index contributed by atoms with van der Waals surface area (Å²) in [6.45, 7) is 0.835. The molecule has 0 radical (unpaired) electrons. The number of carbonyl (C=O) groups excluding carboxylic acids is 2. The summed E-state index contributed by atoms with van der Waals surface area (Å²) in [5.41, 5.74) is 14.5. The molecule has 1 aliphatic rings. The number of anilines is 1. The molecule has 5 heterocycles. The van der Waals surface area contributed by atoms with Crippen LogP contribution in [0.3, 0.4) is 0 Å². The monoisotopic (exact) mass is 560 g/mol. The number of benzene rings is 1. The molecule has 1 fully saturated rings. The van der Waals surface area contributed by atoms with Crippen LogP contribution >= 0.6 is 22.9 Å². The van der Waals surface area contributed by atoms with Crippen molar-refractivity contribution in [2.45, 2.75) is 24.9 Å². The molecule has 0 bridgehead atoms. The Balaban J connectivity index is 1.12. The third-order valence-electron chi connectivity index (χ3n) is 6.83. The SMILES string of the molecule is Nc1nccc2cc(CCNC(=O)c3csc([C@H]4C[C@@H](N)CN4C(=O)c4cn5cc(Cl)ccc5n4)n3)ccc12. The van der Waals surface area contributed by atoms with E-state index in [0.717, 1.165) is 16.3 Å². The molecule has 0 aliphatic carbocycles. The molecule has 1 aromatic carbocycles. The minimum absolute atomic E-state index is 0.195. The van der Waals surface area contributed by atoms with Crippen molar-refractivity contribution in [2.24, 2.45) is 5.73 Å². The number of fused-ring (bicyclic) bond motifs is 2. The number of pyridine rings is 2. The Morgan fingerprint density at radius 2 is 2.00 bits per heavy atom. The number of nitrogens with two attached hydrogens (primary N) is 2. The maximum atomic E-state index is 13.4. The second kappa shape index (κ2) is 10.3. The summed E-state index contributed by atoms with van der Waals surface area (Å²) >= 11 is 7.42. The number of imidazole rings is 1. The van der Waals surface area contributed by atoms with E-state index < -0.39 is 0 Å². The highest BCUT2D eigenvalue weighted by Crippen LogP contribution is 2.34. The van der Waals surface area contributed by atoms with Crippen molar-refractivity contribution in [3.8, 4) is 0 Å². The molecule has 5 N–H and O–H groups in total. The molecule has 0 saturated carbocycles. The fourth-order valence-corrected chi connectivity index (χ4v) is 6.00. The molecular formula is C27H25ClN8O2S. The van der Waals surface area contributed by atoms with E-state index in [1.54, 1.807) is 45.4 Å². The average Bonchev–Trinajstić information content (AvgIpc) is 3.66. The molecule has 5 aromatic rings. The quantitative estimate of drug-likeness (QED) is 0.288. The minimum Gasteiger partial charge on any atom is -0.383 e. The maximum Gasteiger partial charge on any atom is 0.274 e. The van der Waals surface area contributed by atoms with Gasteiger partial charge in [0, 0.05) is 48.5 Å². The maximum absolute atomic E-state index is 13.4. The Hall–Kier alpha value is -4.06. The van der Waals surface area contributed by atoms with Gasteiger partial charge in [-0.2, -0.15) is 0 Å². The summed E-state index contributed by atoms with van der Waals surface area (Å²) < 4.78 is 1.72. The van der Waals surface area contributed by atoms with Crippen molar-refractivity contribution >= 4 is 57.0 Å². The zero-order chi connectivity index (χ0) is 27.1. The molecule has 0 unspecified atom stereocenters. The number of carbonyl (C=O) groups is 2. The fraction of sp³-hybridized carbons (Fsp3) is 0.222. The number of hydrogen-bond donors (Lipinski definition) is 3. The van der Waals surface area contributed by atoms with Crippen LogP contribution in [0.4, 0.5) is 5.82 Å². The van der Waals surface area contributed by atoms with Gasteiger partial charge in [-0.05, 0) is 42.0 Å². The van der Waals surface area contributed by atoms with E-state index in [0.29, 0.717) is 58.8 Å². The van der Waals surface area contributed by atoms with Crippen LogP contribution in [0.5, 0.6) is 0 Å². The number of thiazole rings is 1. The number of amides is 2. The Labute approximate surface area is 232 Å². The number of rotatable bonds is 6. The number of aromatic nitrogens is 4. The third kappa shape index (κ3) is 5.03. The van der Waals surface area contributed by atoms with Gasteiger partial charge >= 0.3 is 0 Å². The highest BCUT2D eigenvalue weighted by Gasteiger charge is 2.37. The van der Waals surface area contributed by atoms with Crippen LogP contribution in [0.15, 0.2) is 60.4 Å². The van der Waals surface area contributed by atoms with Crippen LogP contribution in [-0.2, 0) is 6.42 Å². The summed E-state index contributed by atoms with van der Waals surface area (Å²) in [6.07, 6.45) is 6.26. The topological polar surface area (TPSA) is 145 Å². The van der Waals surface area contributed by atoms with Crippen molar-refractivity contribution in [1.29, 1.82) is 0 Å². The van der Waals surface area contributed by atoms with Crippen molar-refractivity contribution in [2.75, 3.05) is 18.8 Å². The third-order valence-corrected chi connectivity index (χ3v) is 8.00. The lowest BCUT2D eigenvalue weighted by atomic mass is 10.1. The van der Waals surface area contributed by atoms with Gasteiger partial charge in [-0.1, -0.05) is 29.8 Å². The van der Waals surface area contributed by atoms with Gasteiger partial charge in [0.15, 0.2) is 0 Å². The first-order chi connectivity index (χ1) is 18.9. The van der Waals surface area contributed by atoms with Crippen molar-refractivity contribution in [1.82, 2.24) is 29.6 Å². The van der Waals surface area contributed by atoms with Gasteiger partial charge in [0.2, 0.25) is 0 Å². The van der Waals surface area contributed by atoms with Crippen LogP contribution in [0, 0.1) is 0 Å². The van der Waals surface area contributed by atoms with E-state index in [-0.39, 0.29) is 23.9 Å². The highest BCUT2D eigenvalue weighted by atomic mass is 35.5. The molecule has 2 amide bonds. The number of nitrogens with one attached hydrogen (secondary N) is 1. The molecular weight excluding hydrogens is 536 g/mol. The largest absolute Gasteiger partial charge is 0.383 e. The number of nitrogen functional groups attached to an aromatic ring is 1. The van der Waals surface area contributed by atoms with E-state index in [2.05, 4.69) is 20.3 Å². The number of halogens is 1. The summed E-state index contributed by atoms with van der Waals surface area (Å²) in [5, 5.41) is 7.80. The fourth-order valence-electron chi connectivity index (χ4n) is 4.90. The molecule has 4 aromatic heterocycles. The first-order valence-electron chi connectivity index (χ1n) is 12.4.